The minimum Gasteiger partial charge on any atom is -0.332 e. The maximum atomic E-state index is 13.7. The fourth-order valence-electron chi connectivity index (χ4n) is 1.79. The summed E-state index contributed by atoms with van der Waals surface area (Å²) in [5.41, 5.74) is 6.42. The van der Waals surface area contributed by atoms with Crippen molar-refractivity contribution in [3.05, 3.63) is 50.8 Å². The molecule has 0 aliphatic heterocycles. The Labute approximate surface area is 128 Å². The molecule has 0 aliphatic carbocycles. The molecular formula is C13H10ClFN4OS. The van der Waals surface area contributed by atoms with Crippen LogP contribution >= 0.6 is 22.9 Å². The first-order valence-corrected chi connectivity index (χ1v) is 7.33. The summed E-state index contributed by atoms with van der Waals surface area (Å²) in [4.78, 5) is 8.46. The maximum Gasteiger partial charge on any atom is 0.277 e. The molecule has 0 radical (unpaired) electrons. The second kappa shape index (κ2) is 5.88. The van der Waals surface area contributed by atoms with Gasteiger partial charge in [0.05, 0.1) is 0 Å². The van der Waals surface area contributed by atoms with Crippen LogP contribution in [0.15, 0.2) is 28.1 Å². The number of benzene rings is 1. The van der Waals surface area contributed by atoms with Gasteiger partial charge < -0.3 is 10.3 Å². The van der Waals surface area contributed by atoms with E-state index in [0.29, 0.717) is 28.6 Å². The lowest BCUT2D eigenvalue weighted by Gasteiger charge is -2.01. The third-order valence-corrected chi connectivity index (χ3v) is 4.04. The number of halogens is 2. The van der Waals surface area contributed by atoms with Gasteiger partial charge in [0, 0.05) is 28.9 Å². The largest absolute Gasteiger partial charge is 0.332 e. The number of thiazole rings is 1. The molecule has 21 heavy (non-hydrogen) atoms. The fraction of sp³-hybridized carbons (Fsp3) is 0.154. The Kier molecular flexibility index (Phi) is 3.96. The molecule has 0 amide bonds. The molecule has 0 saturated heterocycles. The summed E-state index contributed by atoms with van der Waals surface area (Å²) < 4.78 is 18.9. The van der Waals surface area contributed by atoms with Crippen molar-refractivity contribution in [2.75, 3.05) is 0 Å². The predicted octanol–water partition coefficient (Wildman–Crippen LogP) is 3.04. The van der Waals surface area contributed by atoms with Gasteiger partial charge in [0.2, 0.25) is 0 Å². The lowest BCUT2D eigenvalue weighted by molar-refractivity contribution is 0.422. The third kappa shape index (κ3) is 2.94. The molecule has 108 valence electrons. The summed E-state index contributed by atoms with van der Waals surface area (Å²) in [7, 11) is 0. The number of nitrogens with two attached hydrogens (primary N) is 1. The van der Waals surface area contributed by atoms with Crippen LogP contribution in [0.3, 0.4) is 0 Å². The van der Waals surface area contributed by atoms with Crippen LogP contribution in [0.5, 0.6) is 0 Å². The molecule has 3 aromatic rings. The molecule has 2 N–H and O–H groups in total. The van der Waals surface area contributed by atoms with E-state index in [4.69, 9.17) is 21.9 Å². The highest BCUT2D eigenvalue weighted by Crippen LogP contribution is 2.24. The van der Waals surface area contributed by atoms with Gasteiger partial charge in [-0.1, -0.05) is 22.8 Å². The quantitative estimate of drug-likeness (QED) is 0.798. The Morgan fingerprint density at radius 1 is 1.33 bits per heavy atom. The van der Waals surface area contributed by atoms with Crippen LogP contribution in [0.4, 0.5) is 4.39 Å². The number of hydrogen-bond donors (Lipinski definition) is 1. The zero-order chi connectivity index (χ0) is 14.8. The monoisotopic (exact) mass is 324 g/mol. The summed E-state index contributed by atoms with van der Waals surface area (Å²) in [5.74, 6) is 0.237. The molecule has 5 nitrogen and oxygen atoms in total. The summed E-state index contributed by atoms with van der Waals surface area (Å²) in [6.07, 6.45) is 0.156. The van der Waals surface area contributed by atoms with Gasteiger partial charge in [-0.2, -0.15) is 4.98 Å². The van der Waals surface area contributed by atoms with Gasteiger partial charge in [-0.25, -0.2) is 9.37 Å². The first-order valence-electron chi connectivity index (χ1n) is 6.07. The minimum atomic E-state index is -0.395. The summed E-state index contributed by atoms with van der Waals surface area (Å²) in [6, 6.07) is 4.51. The van der Waals surface area contributed by atoms with Gasteiger partial charge in [0.15, 0.2) is 5.82 Å². The molecule has 0 atom stereocenters. The van der Waals surface area contributed by atoms with Gasteiger partial charge in [0.1, 0.15) is 16.5 Å². The van der Waals surface area contributed by atoms with E-state index in [-0.39, 0.29) is 12.3 Å². The maximum absolute atomic E-state index is 13.7. The lowest BCUT2D eigenvalue weighted by atomic mass is 10.1. The second-order valence-electron chi connectivity index (χ2n) is 4.22. The lowest BCUT2D eigenvalue weighted by Crippen LogP contribution is -1.96. The topological polar surface area (TPSA) is 77.8 Å². The summed E-state index contributed by atoms with van der Waals surface area (Å²) in [5, 5.41) is 6.73. The number of aromatic nitrogens is 3. The van der Waals surface area contributed by atoms with Crippen molar-refractivity contribution in [1.82, 2.24) is 15.1 Å². The highest BCUT2D eigenvalue weighted by atomic mass is 35.5. The van der Waals surface area contributed by atoms with E-state index in [1.807, 2.05) is 0 Å². The molecule has 8 heteroatoms. The van der Waals surface area contributed by atoms with Crippen molar-refractivity contribution in [2.24, 2.45) is 5.73 Å². The van der Waals surface area contributed by atoms with Crippen molar-refractivity contribution < 1.29 is 8.91 Å². The average molecular weight is 325 g/mol. The molecule has 0 fully saturated rings. The first-order chi connectivity index (χ1) is 10.2. The molecule has 2 heterocycles. The van der Waals surface area contributed by atoms with Crippen LogP contribution in [0.25, 0.3) is 11.6 Å². The van der Waals surface area contributed by atoms with E-state index in [0.717, 1.165) is 5.01 Å². The standard InChI is InChI=1S/C13H10ClFN4OS/c14-8-2-1-3-9(15)7(8)4-11-18-13(20-19-11)10-6-21-12(5-16)17-10/h1-3,6H,4-5,16H2. The SMILES string of the molecule is NCc1nc(-c2nc(Cc3c(F)cccc3Cl)no2)cs1. The van der Waals surface area contributed by atoms with Gasteiger partial charge in [-0.05, 0) is 12.1 Å². The molecule has 1 aromatic carbocycles. The Balaban J connectivity index is 1.85. The van der Waals surface area contributed by atoms with Gasteiger partial charge in [-0.3, -0.25) is 0 Å². The molecule has 2 aromatic heterocycles. The Hall–Kier alpha value is -1.83. The van der Waals surface area contributed by atoms with E-state index in [1.54, 1.807) is 17.5 Å². The third-order valence-electron chi connectivity index (χ3n) is 2.81. The second-order valence-corrected chi connectivity index (χ2v) is 5.57. The van der Waals surface area contributed by atoms with Crippen LogP contribution in [0.1, 0.15) is 16.4 Å². The van der Waals surface area contributed by atoms with Crippen LogP contribution in [0, 0.1) is 5.82 Å². The van der Waals surface area contributed by atoms with E-state index < -0.39 is 5.82 Å². The predicted molar refractivity (Wildman–Crippen MR) is 77.5 cm³/mol. The molecule has 0 saturated carbocycles. The Morgan fingerprint density at radius 2 is 2.19 bits per heavy atom. The van der Waals surface area contributed by atoms with Gasteiger partial charge in [-0.15, -0.1) is 11.3 Å². The fourth-order valence-corrected chi connectivity index (χ4v) is 2.67. The highest BCUT2D eigenvalue weighted by molar-refractivity contribution is 7.09. The molecular weight excluding hydrogens is 315 g/mol. The first kappa shape index (κ1) is 14.1. The summed E-state index contributed by atoms with van der Waals surface area (Å²) >= 11 is 7.39. The number of rotatable bonds is 4. The van der Waals surface area contributed by atoms with Crippen LogP contribution in [-0.4, -0.2) is 15.1 Å². The zero-order valence-corrected chi connectivity index (χ0v) is 12.3. The van der Waals surface area contributed by atoms with Crippen LogP contribution < -0.4 is 5.73 Å². The minimum absolute atomic E-state index is 0.156. The molecule has 0 aliphatic rings. The van der Waals surface area contributed by atoms with Crippen molar-refractivity contribution in [3.63, 3.8) is 0 Å². The van der Waals surface area contributed by atoms with Gasteiger partial charge in [0.25, 0.3) is 5.89 Å². The van der Waals surface area contributed by atoms with Crippen LogP contribution in [0.2, 0.25) is 5.02 Å². The smallest absolute Gasteiger partial charge is 0.277 e. The van der Waals surface area contributed by atoms with E-state index >= 15 is 0 Å². The number of hydrogen-bond acceptors (Lipinski definition) is 6. The van der Waals surface area contributed by atoms with Crippen molar-refractivity contribution in [2.45, 2.75) is 13.0 Å². The Morgan fingerprint density at radius 3 is 2.90 bits per heavy atom. The summed E-state index contributed by atoms with van der Waals surface area (Å²) in [6.45, 7) is 0.358. The zero-order valence-electron chi connectivity index (χ0n) is 10.7. The molecule has 0 bridgehead atoms. The Bertz CT molecular complexity index is 753. The highest BCUT2D eigenvalue weighted by Gasteiger charge is 2.15. The molecule has 3 rings (SSSR count). The average Bonchev–Trinajstić information content (AvgIpc) is 3.11. The van der Waals surface area contributed by atoms with E-state index in [2.05, 4.69) is 15.1 Å². The van der Waals surface area contributed by atoms with E-state index in [1.165, 1.54) is 17.4 Å². The molecule has 0 unspecified atom stereocenters. The van der Waals surface area contributed by atoms with Gasteiger partial charge >= 0.3 is 0 Å². The van der Waals surface area contributed by atoms with Crippen molar-refractivity contribution in [3.8, 4) is 11.6 Å². The normalized spacial score (nSPS) is 11.0. The van der Waals surface area contributed by atoms with Crippen molar-refractivity contribution in [1.29, 1.82) is 0 Å². The van der Waals surface area contributed by atoms with Crippen LogP contribution in [-0.2, 0) is 13.0 Å². The number of nitrogens with zero attached hydrogens (tertiary/aromatic N) is 3. The molecule has 0 spiro atoms. The van der Waals surface area contributed by atoms with Crippen molar-refractivity contribution >= 4 is 22.9 Å². The van der Waals surface area contributed by atoms with E-state index in [9.17, 15) is 4.39 Å².